The van der Waals surface area contributed by atoms with E-state index in [1.165, 1.54) is 0 Å². The molecule has 8 nitrogen and oxygen atoms in total. The van der Waals surface area contributed by atoms with E-state index in [4.69, 9.17) is 33.0 Å². The molecule has 3 aliphatic rings. The molecule has 0 aromatic heterocycles. The Labute approximate surface area is 209 Å². The number of likely N-dealkylation sites (tertiary alicyclic amines) is 2. The van der Waals surface area contributed by atoms with Crippen molar-refractivity contribution < 1.29 is 24.2 Å². The van der Waals surface area contributed by atoms with Crippen LogP contribution in [0.5, 0.6) is 0 Å². The zero-order chi connectivity index (χ0) is 24.5. The number of ether oxygens (including phenoxy) is 1. The van der Waals surface area contributed by atoms with Gasteiger partial charge < -0.3 is 25.0 Å². The molecule has 2 saturated heterocycles. The van der Waals surface area contributed by atoms with Crippen LogP contribution in [0, 0.1) is 17.3 Å². The van der Waals surface area contributed by atoms with Crippen molar-refractivity contribution in [2.45, 2.75) is 31.6 Å². The molecule has 2 heterocycles. The minimum Gasteiger partial charge on any atom is -0.465 e. The number of amides is 3. The van der Waals surface area contributed by atoms with Gasteiger partial charge in [0.25, 0.3) is 0 Å². The Hall–Kier alpha value is -2.03. The van der Waals surface area contributed by atoms with Gasteiger partial charge >= 0.3 is 6.09 Å². The van der Waals surface area contributed by atoms with E-state index in [0.717, 1.165) is 18.4 Å². The Balaban J connectivity index is 1.39. The zero-order valence-electron chi connectivity index (χ0n) is 19.3. The van der Waals surface area contributed by atoms with Gasteiger partial charge in [-0.15, -0.1) is 0 Å². The number of benzene rings is 1. The summed E-state index contributed by atoms with van der Waals surface area (Å²) < 4.78 is 5.25. The first-order valence-corrected chi connectivity index (χ1v) is 12.5. The molecule has 2 N–H and O–H groups in total. The van der Waals surface area contributed by atoms with Crippen LogP contribution in [0.3, 0.4) is 0 Å². The normalized spacial score (nSPS) is 24.2. The molecule has 1 aromatic rings. The van der Waals surface area contributed by atoms with Gasteiger partial charge in [-0.3, -0.25) is 9.59 Å². The van der Waals surface area contributed by atoms with Crippen LogP contribution in [0.15, 0.2) is 18.2 Å². The van der Waals surface area contributed by atoms with Gasteiger partial charge in [0, 0.05) is 57.6 Å². The summed E-state index contributed by atoms with van der Waals surface area (Å²) in [5, 5.41) is 12.4. The number of nitrogens with zero attached hydrogens (tertiary/aromatic N) is 2. The number of hydrogen-bond acceptors (Lipinski definition) is 4. The van der Waals surface area contributed by atoms with E-state index in [0.29, 0.717) is 55.7 Å². The zero-order valence-corrected chi connectivity index (χ0v) is 20.8. The van der Waals surface area contributed by atoms with Crippen LogP contribution in [-0.2, 0) is 14.3 Å². The highest BCUT2D eigenvalue weighted by atomic mass is 35.5. The van der Waals surface area contributed by atoms with Crippen molar-refractivity contribution in [2.75, 3.05) is 46.4 Å². The number of methoxy groups -OCH3 is 1. The Morgan fingerprint density at radius 1 is 1.12 bits per heavy atom. The highest BCUT2D eigenvalue weighted by Gasteiger charge is 2.52. The Bertz CT molecular complexity index is 947. The molecule has 3 amide bonds. The molecule has 186 valence electrons. The first-order valence-electron chi connectivity index (χ1n) is 11.7. The monoisotopic (exact) mass is 511 g/mol. The van der Waals surface area contributed by atoms with Gasteiger partial charge in [0.1, 0.15) is 0 Å². The summed E-state index contributed by atoms with van der Waals surface area (Å²) in [7, 11) is 1.62. The lowest BCUT2D eigenvalue weighted by Crippen LogP contribution is -2.47. The van der Waals surface area contributed by atoms with Gasteiger partial charge in [-0.2, -0.15) is 0 Å². The minimum atomic E-state index is -1.09. The lowest BCUT2D eigenvalue weighted by atomic mass is 9.89. The van der Waals surface area contributed by atoms with Gasteiger partial charge in [0.05, 0.1) is 22.1 Å². The average molecular weight is 512 g/mol. The van der Waals surface area contributed by atoms with E-state index < -0.39 is 6.09 Å². The Morgan fingerprint density at radius 2 is 1.82 bits per heavy atom. The summed E-state index contributed by atoms with van der Waals surface area (Å²) in [6, 6.07) is 5.42. The van der Waals surface area contributed by atoms with Crippen molar-refractivity contribution in [3.8, 4) is 0 Å². The molecule has 1 aliphatic carbocycles. The van der Waals surface area contributed by atoms with E-state index >= 15 is 0 Å². The molecule has 1 aromatic carbocycles. The number of carbonyl (C=O) groups is 3. The molecule has 2 aliphatic heterocycles. The maximum absolute atomic E-state index is 13.4. The molecule has 1 saturated carbocycles. The highest BCUT2D eigenvalue weighted by Crippen LogP contribution is 2.48. The first-order chi connectivity index (χ1) is 16.2. The quantitative estimate of drug-likeness (QED) is 0.583. The third-order valence-corrected chi connectivity index (χ3v) is 8.24. The van der Waals surface area contributed by atoms with Crippen LogP contribution < -0.4 is 5.32 Å². The molecule has 10 heteroatoms. The summed E-state index contributed by atoms with van der Waals surface area (Å²) in [6.45, 7) is 2.83. The number of carboxylic acid groups (broad SMARTS) is 1. The topological polar surface area (TPSA) is 99.2 Å². The largest absolute Gasteiger partial charge is 0.465 e. The molecule has 4 rings (SSSR count). The van der Waals surface area contributed by atoms with Crippen LogP contribution in [0.1, 0.15) is 37.2 Å². The fraction of sp³-hybridized carbons (Fsp3) is 0.625. The Kier molecular flexibility index (Phi) is 7.60. The highest BCUT2D eigenvalue weighted by molar-refractivity contribution is 6.42. The van der Waals surface area contributed by atoms with E-state index in [2.05, 4.69) is 5.32 Å². The van der Waals surface area contributed by atoms with E-state index in [1.54, 1.807) is 19.2 Å². The van der Waals surface area contributed by atoms with Crippen molar-refractivity contribution in [3.63, 3.8) is 0 Å². The molecule has 0 spiro atoms. The smallest absolute Gasteiger partial charge is 0.404 e. The summed E-state index contributed by atoms with van der Waals surface area (Å²) in [5.41, 5.74) is 0.591. The predicted octanol–water partition coefficient (Wildman–Crippen LogP) is 3.47. The maximum atomic E-state index is 13.4. The molecule has 2 atom stereocenters. The molecule has 0 radical (unpaired) electrons. The Morgan fingerprint density at radius 3 is 2.41 bits per heavy atom. The summed E-state index contributed by atoms with van der Waals surface area (Å²) in [5.74, 6) is -0.0186. The fourth-order valence-electron chi connectivity index (χ4n) is 5.37. The number of piperidine rings is 1. The van der Waals surface area contributed by atoms with Crippen LogP contribution in [0.2, 0.25) is 10.0 Å². The van der Waals surface area contributed by atoms with E-state index in [1.807, 2.05) is 15.9 Å². The fourth-order valence-corrected chi connectivity index (χ4v) is 5.67. The van der Waals surface area contributed by atoms with Crippen LogP contribution in [-0.4, -0.2) is 79.3 Å². The molecule has 0 unspecified atom stereocenters. The second kappa shape index (κ2) is 10.3. The summed E-state index contributed by atoms with van der Waals surface area (Å²) in [6.07, 6.45) is 1.93. The lowest BCUT2D eigenvalue weighted by Gasteiger charge is -2.35. The number of carbonyl (C=O) groups excluding carboxylic acids is 2. The summed E-state index contributed by atoms with van der Waals surface area (Å²) in [4.78, 5) is 41.1. The van der Waals surface area contributed by atoms with Gasteiger partial charge in [-0.25, -0.2) is 4.79 Å². The van der Waals surface area contributed by atoms with Crippen LogP contribution in [0.25, 0.3) is 0 Å². The second-order valence-electron chi connectivity index (χ2n) is 9.75. The molecule has 0 bridgehead atoms. The van der Waals surface area contributed by atoms with Crippen molar-refractivity contribution in [1.29, 1.82) is 0 Å². The molecule has 34 heavy (non-hydrogen) atoms. The predicted molar refractivity (Wildman–Crippen MR) is 128 cm³/mol. The molecule has 3 fully saturated rings. The van der Waals surface area contributed by atoms with Crippen LogP contribution in [0.4, 0.5) is 4.79 Å². The number of hydrogen-bond donors (Lipinski definition) is 2. The van der Waals surface area contributed by atoms with Crippen molar-refractivity contribution in [2.24, 2.45) is 17.3 Å². The van der Waals surface area contributed by atoms with E-state index in [-0.39, 0.29) is 41.5 Å². The van der Waals surface area contributed by atoms with Crippen molar-refractivity contribution in [1.82, 2.24) is 15.1 Å². The summed E-state index contributed by atoms with van der Waals surface area (Å²) >= 11 is 12.3. The van der Waals surface area contributed by atoms with Crippen molar-refractivity contribution >= 4 is 41.1 Å². The lowest BCUT2D eigenvalue weighted by molar-refractivity contribution is -0.144. The third kappa shape index (κ3) is 5.29. The second-order valence-corrected chi connectivity index (χ2v) is 10.6. The number of rotatable bonds is 7. The van der Waals surface area contributed by atoms with E-state index in [9.17, 15) is 14.4 Å². The van der Waals surface area contributed by atoms with Gasteiger partial charge in [0.2, 0.25) is 11.8 Å². The van der Waals surface area contributed by atoms with Crippen LogP contribution >= 0.6 is 23.2 Å². The maximum Gasteiger partial charge on any atom is 0.404 e. The van der Waals surface area contributed by atoms with Gasteiger partial charge in [0.15, 0.2) is 0 Å². The number of halogens is 2. The number of nitrogens with one attached hydrogen (secondary N) is 1. The standard InChI is InChI=1S/C24H31Cl2N3O5/c1-34-14-24(6-7-24)22(31)28-8-4-15(5-9-28)21(30)29-12-17(11-27-23(32)33)18(13-29)16-2-3-19(25)20(26)10-16/h2-3,10,15,17-18,27H,4-9,11-14H2,1H3,(H,32,33)/t17-,18-/m0/s1. The minimum absolute atomic E-state index is 0.0454. The molecular weight excluding hydrogens is 481 g/mol. The van der Waals surface area contributed by atoms with Gasteiger partial charge in [-0.05, 0) is 43.4 Å². The van der Waals surface area contributed by atoms with Gasteiger partial charge in [-0.1, -0.05) is 29.3 Å². The average Bonchev–Trinajstić information content (AvgIpc) is 3.48. The molecular formula is C24H31Cl2N3O5. The SMILES string of the molecule is COCC1(C(=O)N2CCC(C(=O)N3C[C@H](CNC(=O)O)[C@H](c4ccc(Cl)c(Cl)c4)C3)CC2)CC1. The third-order valence-electron chi connectivity index (χ3n) is 7.50. The first kappa shape index (κ1) is 25.1. The van der Waals surface area contributed by atoms with Crippen molar-refractivity contribution in [3.05, 3.63) is 33.8 Å².